The number of hydrogen-bond acceptors (Lipinski definition) is 3. The summed E-state index contributed by atoms with van der Waals surface area (Å²) in [5.74, 6) is 0.804. The van der Waals surface area contributed by atoms with Gasteiger partial charge in [-0.3, -0.25) is 4.79 Å². The van der Waals surface area contributed by atoms with Crippen LogP contribution in [0.5, 0.6) is 0 Å². The highest BCUT2D eigenvalue weighted by atomic mass is 35.5. The Morgan fingerprint density at radius 1 is 1.35 bits per heavy atom. The second-order valence-electron chi connectivity index (χ2n) is 4.95. The Labute approximate surface area is 123 Å². The summed E-state index contributed by atoms with van der Waals surface area (Å²) in [6.07, 6.45) is 5.04. The third kappa shape index (κ3) is 3.17. The molecule has 0 unspecified atom stereocenters. The highest BCUT2D eigenvalue weighted by Gasteiger charge is 2.22. The Balaban J connectivity index is 2.19. The van der Waals surface area contributed by atoms with Gasteiger partial charge in [-0.2, -0.15) is 0 Å². The van der Waals surface area contributed by atoms with Crippen molar-refractivity contribution in [1.29, 1.82) is 0 Å². The first-order valence-corrected chi connectivity index (χ1v) is 6.76. The van der Waals surface area contributed by atoms with Gasteiger partial charge < -0.3 is 9.88 Å². The van der Waals surface area contributed by atoms with E-state index >= 15 is 0 Å². The van der Waals surface area contributed by atoms with Crippen LogP contribution < -0.4 is 5.32 Å². The van der Waals surface area contributed by atoms with E-state index in [1.54, 1.807) is 18.3 Å². The molecule has 0 aliphatic rings. The topological polar surface area (TPSA) is 59.8 Å². The van der Waals surface area contributed by atoms with Gasteiger partial charge in [0.1, 0.15) is 11.5 Å². The molecule has 0 aromatic carbocycles. The number of aromatic nitrogens is 3. The van der Waals surface area contributed by atoms with E-state index in [9.17, 15) is 4.79 Å². The Hall–Kier alpha value is -1.88. The van der Waals surface area contributed by atoms with Crippen LogP contribution in [0.25, 0.3) is 0 Å². The van der Waals surface area contributed by atoms with Crippen molar-refractivity contribution in [2.24, 2.45) is 13.0 Å². The fraction of sp³-hybridized carbons (Fsp3) is 0.357. The van der Waals surface area contributed by atoms with E-state index in [1.165, 1.54) is 6.20 Å². The zero-order valence-corrected chi connectivity index (χ0v) is 12.4. The lowest BCUT2D eigenvalue weighted by Crippen LogP contribution is -2.33. The maximum Gasteiger partial charge on any atom is 0.270 e. The molecule has 2 aromatic rings. The first-order valence-electron chi connectivity index (χ1n) is 6.38. The molecule has 20 heavy (non-hydrogen) atoms. The van der Waals surface area contributed by atoms with Crippen LogP contribution in [0.4, 0.5) is 0 Å². The molecule has 1 amide bonds. The number of nitrogens with one attached hydrogen (secondary N) is 1. The second kappa shape index (κ2) is 6.05. The number of halogens is 1. The quantitative estimate of drug-likeness (QED) is 0.942. The fourth-order valence-electron chi connectivity index (χ4n) is 1.93. The van der Waals surface area contributed by atoms with Gasteiger partial charge in [0, 0.05) is 25.6 Å². The molecule has 0 radical (unpaired) electrons. The van der Waals surface area contributed by atoms with E-state index in [0.29, 0.717) is 10.7 Å². The predicted octanol–water partition coefficient (Wildman–Crippen LogP) is 2.60. The van der Waals surface area contributed by atoms with Crippen LogP contribution in [0.15, 0.2) is 30.7 Å². The summed E-state index contributed by atoms with van der Waals surface area (Å²) < 4.78 is 1.90. The van der Waals surface area contributed by atoms with E-state index in [4.69, 9.17) is 11.6 Å². The number of rotatable bonds is 4. The third-order valence-electron chi connectivity index (χ3n) is 3.05. The Morgan fingerprint density at radius 3 is 2.60 bits per heavy atom. The first-order chi connectivity index (χ1) is 9.49. The van der Waals surface area contributed by atoms with E-state index < -0.39 is 0 Å². The normalized spacial score (nSPS) is 12.4. The maximum atomic E-state index is 12.2. The minimum atomic E-state index is -0.233. The van der Waals surface area contributed by atoms with Crippen LogP contribution in [0, 0.1) is 5.92 Å². The van der Waals surface area contributed by atoms with Gasteiger partial charge in [0.25, 0.3) is 5.91 Å². The van der Waals surface area contributed by atoms with Gasteiger partial charge in [0.15, 0.2) is 0 Å². The van der Waals surface area contributed by atoms with Crippen molar-refractivity contribution in [3.63, 3.8) is 0 Å². The molecule has 0 fully saturated rings. The van der Waals surface area contributed by atoms with Crippen LogP contribution in [-0.2, 0) is 7.05 Å². The van der Waals surface area contributed by atoms with Gasteiger partial charge in [-0.1, -0.05) is 25.4 Å². The average Bonchev–Trinajstić information content (AvgIpc) is 2.82. The van der Waals surface area contributed by atoms with Crippen molar-refractivity contribution in [2.45, 2.75) is 19.9 Å². The minimum absolute atomic E-state index is 0.167. The minimum Gasteiger partial charge on any atom is -0.340 e. The zero-order valence-electron chi connectivity index (χ0n) is 11.7. The fourth-order valence-corrected chi connectivity index (χ4v) is 2.04. The molecule has 6 heteroatoms. The molecule has 106 valence electrons. The number of amides is 1. The number of carbonyl (C=O) groups excluding carboxylic acids is 1. The van der Waals surface area contributed by atoms with Crippen LogP contribution in [0.1, 0.15) is 36.2 Å². The highest BCUT2D eigenvalue weighted by Crippen LogP contribution is 2.20. The smallest absolute Gasteiger partial charge is 0.270 e. The van der Waals surface area contributed by atoms with Crippen LogP contribution >= 0.6 is 11.6 Å². The number of aryl methyl sites for hydroxylation is 1. The number of hydrogen-bond donors (Lipinski definition) is 1. The molecule has 2 aromatic heterocycles. The number of carbonyl (C=O) groups is 1. The molecule has 5 nitrogen and oxygen atoms in total. The van der Waals surface area contributed by atoms with Gasteiger partial charge in [-0.05, 0) is 18.1 Å². The lowest BCUT2D eigenvalue weighted by Gasteiger charge is -2.21. The summed E-state index contributed by atoms with van der Waals surface area (Å²) in [6, 6.07) is 3.09. The monoisotopic (exact) mass is 292 g/mol. The van der Waals surface area contributed by atoms with E-state index in [0.717, 1.165) is 5.82 Å². The summed E-state index contributed by atoms with van der Waals surface area (Å²) in [6.45, 7) is 4.07. The molecule has 0 bridgehead atoms. The lowest BCUT2D eigenvalue weighted by atomic mass is 10.0. The van der Waals surface area contributed by atoms with E-state index in [1.807, 2.05) is 31.7 Å². The van der Waals surface area contributed by atoms with Crippen molar-refractivity contribution in [2.75, 3.05) is 0 Å². The summed E-state index contributed by atoms with van der Waals surface area (Å²) in [7, 11) is 1.91. The summed E-state index contributed by atoms with van der Waals surface area (Å²) >= 11 is 5.77. The Morgan fingerprint density at radius 2 is 2.10 bits per heavy atom. The third-order valence-corrected chi connectivity index (χ3v) is 3.27. The van der Waals surface area contributed by atoms with Gasteiger partial charge in [-0.25, -0.2) is 9.97 Å². The van der Waals surface area contributed by atoms with Crippen molar-refractivity contribution < 1.29 is 4.79 Å². The Bertz CT molecular complexity index is 591. The molecule has 0 aliphatic heterocycles. The SMILES string of the molecule is CC(C)[C@@H](NC(=O)c1ccc(Cl)cn1)c1nccn1C. The van der Waals surface area contributed by atoms with Crippen LogP contribution in [0.2, 0.25) is 5.02 Å². The summed E-state index contributed by atoms with van der Waals surface area (Å²) in [5.41, 5.74) is 0.342. The highest BCUT2D eigenvalue weighted by molar-refractivity contribution is 6.30. The van der Waals surface area contributed by atoms with Gasteiger partial charge in [0.2, 0.25) is 0 Å². The molecule has 1 N–H and O–H groups in total. The second-order valence-corrected chi connectivity index (χ2v) is 5.39. The molecule has 0 saturated heterocycles. The zero-order chi connectivity index (χ0) is 14.7. The molecular weight excluding hydrogens is 276 g/mol. The van der Waals surface area contributed by atoms with Crippen LogP contribution in [-0.4, -0.2) is 20.4 Å². The van der Waals surface area contributed by atoms with Crippen molar-refractivity contribution in [3.05, 3.63) is 47.3 Å². The largest absolute Gasteiger partial charge is 0.340 e. The lowest BCUT2D eigenvalue weighted by molar-refractivity contribution is 0.0917. The van der Waals surface area contributed by atoms with Crippen molar-refractivity contribution >= 4 is 17.5 Å². The van der Waals surface area contributed by atoms with E-state index in [-0.39, 0.29) is 17.9 Å². The van der Waals surface area contributed by atoms with E-state index in [2.05, 4.69) is 15.3 Å². The average molecular weight is 293 g/mol. The summed E-state index contributed by atoms with van der Waals surface area (Å²) in [4.78, 5) is 20.6. The number of imidazole rings is 1. The molecule has 2 heterocycles. The van der Waals surface area contributed by atoms with Crippen molar-refractivity contribution in [3.8, 4) is 0 Å². The molecular formula is C14H17ClN4O. The van der Waals surface area contributed by atoms with Crippen LogP contribution in [0.3, 0.4) is 0 Å². The molecule has 0 aliphatic carbocycles. The number of pyridine rings is 1. The van der Waals surface area contributed by atoms with Gasteiger partial charge >= 0.3 is 0 Å². The standard InChI is InChI=1S/C14H17ClN4O/c1-9(2)12(13-16-6-7-19(13)3)18-14(20)11-5-4-10(15)8-17-11/h4-9,12H,1-3H3,(H,18,20)/t12-/m1/s1. The Kier molecular flexibility index (Phi) is 4.39. The molecule has 2 rings (SSSR count). The number of nitrogens with zero attached hydrogens (tertiary/aromatic N) is 3. The molecule has 0 spiro atoms. The first kappa shape index (κ1) is 14.5. The molecule has 0 saturated carbocycles. The summed E-state index contributed by atoms with van der Waals surface area (Å²) in [5, 5.41) is 3.47. The predicted molar refractivity (Wildman–Crippen MR) is 77.5 cm³/mol. The maximum absolute atomic E-state index is 12.2. The van der Waals surface area contributed by atoms with Gasteiger partial charge in [0.05, 0.1) is 11.1 Å². The van der Waals surface area contributed by atoms with Gasteiger partial charge in [-0.15, -0.1) is 0 Å². The molecule has 1 atom stereocenters. The van der Waals surface area contributed by atoms with Crippen molar-refractivity contribution in [1.82, 2.24) is 19.9 Å².